The minimum Gasteiger partial charge on any atom is -0.478 e. The van der Waals surface area contributed by atoms with Gasteiger partial charge in [-0.2, -0.15) is 12.7 Å². The SMILES string of the molecule is C[C@H]1CN(S(=O)(=O)Nc2ccc(C(=O)O)cc2)C[C@H](C)O1. The molecule has 8 heteroatoms. The van der Waals surface area contributed by atoms with Crippen LogP contribution in [0.5, 0.6) is 0 Å². The highest BCUT2D eigenvalue weighted by Crippen LogP contribution is 2.18. The van der Waals surface area contributed by atoms with Crippen molar-refractivity contribution in [2.24, 2.45) is 0 Å². The first-order valence-corrected chi connectivity index (χ1v) is 7.98. The molecule has 21 heavy (non-hydrogen) atoms. The summed E-state index contributed by atoms with van der Waals surface area (Å²) in [4.78, 5) is 10.8. The maximum Gasteiger partial charge on any atom is 0.335 e. The van der Waals surface area contributed by atoms with E-state index in [4.69, 9.17) is 9.84 Å². The van der Waals surface area contributed by atoms with Crippen molar-refractivity contribution in [2.75, 3.05) is 17.8 Å². The summed E-state index contributed by atoms with van der Waals surface area (Å²) in [5.41, 5.74) is 0.429. The average molecular weight is 314 g/mol. The minimum absolute atomic E-state index is 0.103. The molecule has 0 spiro atoms. The largest absolute Gasteiger partial charge is 0.478 e. The topological polar surface area (TPSA) is 95.9 Å². The van der Waals surface area contributed by atoms with Crippen LogP contribution in [-0.2, 0) is 14.9 Å². The van der Waals surface area contributed by atoms with E-state index >= 15 is 0 Å². The molecule has 0 amide bonds. The third kappa shape index (κ3) is 3.93. The van der Waals surface area contributed by atoms with Gasteiger partial charge in [-0.1, -0.05) is 0 Å². The molecule has 1 aliphatic rings. The smallest absolute Gasteiger partial charge is 0.335 e. The number of nitrogens with zero attached hydrogens (tertiary/aromatic N) is 1. The maximum absolute atomic E-state index is 12.3. The second kappa shape index (κ2) is 6.00. The number of carboxylic acids is 1. The average Bonchev–Trinajstić information content (AvgIpc) is 2.37. The number of ether oxygens (including phenoxy) is 1. The number of carboxylic acid groups (broad SMARTS) is 1. The highest BCUT2D eigenvalue weighted by molar-refractivity contribution is 7.90. The summed E-state index contributed by atoms with van der Waals surface area (Å²) in [5.74, 6) is -1.06. The molecule has 1 heterocycles. The van der Waals surface area contributed by atoms with Gasteiger partial charge in [-0.3, -0.25) is 4.72 Å². The zero-order chi connectivity index (χ0) is 15.6. The van der Waals surface area contributed by atoms with Gasteiger partial charge in [-0.25, -0.2) is 4.79 Å². The van der Waals surface area contributed by atoms with Gasteiger partial charge in [-0.15, -0.1) is 0 Å². The van der Waals surface area contributed by atoms with Crippen molar-refractivity contribution < 1.29 is 23.1 Å². The Morgan fingerprint density at radius 3 is 2.24 bits per heavy atom. The summed E-state index contributed by atoms with van der Waals surface area (Å²) in [6.07, 6.45) is -0.334. The Bertz CT molecular complexity index is 604. The predicted octanol–water partition coefficient (Wildman–Crippen LogP) is 1.15. The van der Waals surface area contributed by atoms with Crippen molar-refractivity contribution in [1.29, 1.82) is 0 Å². The van der Waals surface area contributed by atoms with Crippen molar-refractivity contribution >= 4 is 21.9 Å². The highest BCUT2D eigenvalue weighted by Gasteiger charge is 2.30. The van der Waals surface area contributed by atoms with Crippen LogP contribution in [0.25, 0.3) is 0 Å². The molecular weight excluding hydrogens is 296 g/mol. The third-order valence-corrected chi connectivity index (χ3v) is 4.58. The molecule has 0 radical (unpaired) electrons. The first-order chi connectivity index (χ1) is 9.78. The molecule has 2 N–H and O–H groups in total. The van der Waals surface area contributed by atoms with Crippen molar-refractivity contribution in [2.45, 2.75) is 26.1 Å². The number of nitrogens with one attached hydrogen (secondary N) is 1. The summed E-state index contributed by atoms with van der Waals surface area (Å²) in [6, 6.07) is 5.55. The van der Waals surface area contributed by atoms with Crippen LogP contribution in [0.3, 0.4) is 0 Å². The second-order valence-corrected chi connectivity index (χ2v) is 6.73. The Morgan fingerprint density at radius 1 is 1.24 bits per heavy atom. The van der Waals surface area contributed by atoms with Crippen LogP contribution in [0.4, 0.5) is 5.69 Å². The maximum atomic E-state index is 12.3. The number of morpholine rings is 1. The molecule has 0 saturated carbocycles. The van der Waals surface area contributed by atoms with E-state index in [1.165, 1.54) is 28.6 Å². The Labute approximate surface area is 123 Å². The molecule has 1 aromatic carbocycles. The van der Waals surface area contributed by atoms with E-state index in [9.17, 15) is 13.2 Å². The molecule has 0 aromatic heterocycles. The number of benzene rings is 1. The lowest BCUT2D eigenvalue weighted by Gasteiger charge is -2.34. The fraction of sp³-hybridized carbons (Fsp3) is 0.462. The number of rotatable bonds is 4. The monoisotopic (exact) mass is 314 g/mol. The fourth-order valence-electron chi connectivity index (χ4n) is 2.22. The normalized spacial score (nSPS) is 23.7. The van der Waals surface area contributed by atoms with Gasteiger partial charge in [0, 0.05) is 18.8 Å². The van der Waals surface area contributed by atoms with Crippen LogP contribution < -0.4 is 4.72 Å². The minimum atomic E-state index is -3.68. The Morgan fingerprint density at radius 2 is 1.76 bits per heavy atom. The molecule has 2 rings (SSSR count). The quantitative estimate of drug-likeness (QED) is 0.869. The van der Waals surface area contributed by atoms with E-state index in [0.29, 0.717) is 5.69 Å². The van der Waals surface area contributed by atoms with Gasteiger partial charge in [0.25, 0.3) is 0 Å². The second-order valence-electron chi connectivity index (χ2n) is 5.06. The molecule has 0 unspecified atom stereocenters. The molecule has 1 saturated heterocycles. The van der Waals surface area contributed by atoms with Gasteiger partial charge in [0.2, 0.25) is 0 Å². The Balaban J connectivity index is 2.11. The van der Waals surface area contributed by atoms with Gasteiger partial charge in [0.1, 0.15) is 0 Å². The van der Waals surface area contributed by atoms with Crippen LogP contribution >= 0.6 is 0 Å². The van der Waals surface area contributed by atoms with E-state index in [1.54, 1.807) is 0 Å². The zero-order valence-electron chi connectivity index (χ0n) is 11.8. The van der Waals surface area contributed by atoms with Crippen molar-refractivity contribution in [3.63, 3.8) is 0 Å². The molecule has 1 aliphatic heterocycles. The van der Waals surface area contributed by atoms with E-state index in [0.717, 1.165) is 0 Å². The molecular formula is C13H18N2O5S. The van der Waals surface area contributed by atoms with Gasteiger partial charge < -0.3 is 9.84 Å². The summed E-state index contributed by atoms with van der Waals surface area (Å²) >= 11 is 0. The number of hydrogen-bond acceptors (Lipinski definition) is 4. The van der Waals surface area contributed by atoms with Crippen LogP contribution in [0, 0.1) is 0 Å². The predicted molar refractivity (Wildman–Crippen MR) is 77.5 cm³/mol. The van der Waals surface area contributed by atoms with E-state index in [2.05, 4.69) is 4.72 Å². The summed E-state index contributed by atoms with van der Waals surface area (Å²) in [7, 11) is -3.68. The van der Waals surface area contributed by atoms with Crippen molar-refractivity contribution in [1.82, 2.24) is 4.31 Å². The highest BCUT2D eigenvalue weighted by atomic mass is 32.2. The third-order valence-electron chi connectivity index (χ3n) is 3.10. The summed E-state index contributed by atoms with van der Waals surface area (Å²) in [5, 5.41) is 8.81. The molecule has 1 fully saturated rings. The van der Waals surface area contributed by atoms with E-state index in [1.807, 2.05) is 13.8 Å². The standard InChI is InChI=1S/C13H18N2O5S/c1-9-7-15(8-10(2)20-9)21(18,19)14-12-5-3-11(4-6-12)13(16)17/h3-6,9-10,14H,7-8H2,1-2H3,(H,16,17)/t9-,10-/m0/s1. The van der Waals surface area contributed by atoms with Gasteiger partial charge in [-0.05, 0) is 38.1 Å². The lowest BCUT2D eigenvalue weighted by Crippen LogP contribution is -2.49. The van der Waals surface area contributed by atoms with Crippen molar-refractivity contribution in [3.8, 4) is 0 Å². The van der Waals surface area contributed by atoms with Gasteiger partial charge in [0.05, 0.1) is 17.8 Å². The molecule has 7 nitrogen and oxygen atoms in total. The van der Waals surface area contributed by atoms with E-state index in [-0.39, 0.29) is 30.9 Å². The van der Waals surface area contributed by atoms with Crippen LogP contribution in [0.1, 0.15) is 24.2 Å². The zero-order valence-corrected chi connectivity index (χ0v) is 12.6. The van der Waals surface area contributed by atoms with Gasteiger partial charge >= 0.3 is 16.2 Å². The summed E-state index contributed by atoms with van der Waals surface area (Å²) in [6.45, 7) is 4.21. The molecule has 2 atom stereocenters. The first-order valence-electron chi connectivity index (χ1n) is 6.54. The molecule has 1 aromatic rings. The first kappa shape index (κ1) is 15.7. The molecule has 0 aliphatic carbocycles. The van der Waals surface area contributed by atoms with Crippen LogP contribution in [0.15, 0.2) is 24.3 Å². The molecule has 0 bridgehead atoms. The van der Waals surface area contributed by atoms with Crippen LogP contribution in [-0.4, -0.2) is 49.1 Å². The molecule has 116 valence electrons. The number of carbonyl (C=O) groups is 1. The van der Waals surface area contributed by atoms with Gasteiger partial charge in [0.15, 0.2) is 0 Å². The van der Waals surface area contributed by atoms with Crippen molar-refractivity contribution in [3.05, 3.63) is 29.8 Å². The Hall–Kier alpha value is -1.64. The van der Waals surface area contributed by atoms with Crippen LogP contribution in [0.2, 0.25) is 0 Å². The lowest BCUT2D eigenvalue weighted by molar-refractivity contribution is -0.0439. The number of aromatic carboxylic acids is 1. The fourth-order valence-corrected chi connectivity index (χ4v) is 3.60. The number of hydrogen-bond donors (Lipinski definition) is 2. The number of anilines is 1. The summed E-state index contributed by atoms with van der Waals surface area (Å²) < 4.78 is 33.9. The van der Waals surface area contributed by atoms with E-state index < -0.39 is 16.2 Å². The lowest BCUT2D eigenvalue weighted by atomic mass is 10.2. The Kier molecular flexibility index (Phi) is 4.50.